The molecule has 0 radical (unpaired) electrons. The average Bonchev–Trinajstić information content (AvgIpc) is 3.92. The largest absolute Gasteiger partial charge is 0.323 e. The molecule has 0 fully saturated rings. The molecule has 0 bridgehead atoms. The summed E-state index contributed by atoms with van der Waals surface area (Å²) in [5.74, 6) is 0. The summed E-state index contributed by atoms with van der Waals surface area (Å²) < 4.78 is 2.46. The molecular weight excluding hydrogens is 847 g/mol. The normalized spacial score (nSPS) is 13.8. The Morgan fingerprint density at radius 1 is 0.286 bits per heavy atom. The molecule has 13 rings (SSSR count). The van der Waals surface area contributed by atoms with Gasteiger partial charge in [-0.25, -0.2) is 0 Å². The van der Waals surface area contributed by atoms with E-state index in [0.717, 1.165) is 45.2 Å². The van der Waals surface area contributed by atoms with Crippen LogP contribution in [0.4, 0.5) is 28.4 Å². The predicted molar refractivity (Wildman–Crippen MR) is 293 cm³/mol. The van der Waals surface area contributed by atoms with Crippen LogP contribution in [-0.4, -0.2) is 4.57 Å². The van der Waals surface area contributed by atoms with Crippen LogP contribution < -0.4 is 9.80 Å². The molecule has 11 aromatic carbocycles. The first kappa shape index (κ1) is 41.0. The molecule has 0 saturated carbocycles. The topological polar surface area (TPSA) is 11.4 Å². The van der Waals surface area contributed by atoms with Gasteiger partial charge in [0.15, 0.2) is 0 Å². The molecule has 330 valence electrons. The Kier molecular flexibility index (Phi) is 10.1. The van der Waals surface area contributed by atoms with Gasteiger partial charge in [-0.15, -0.1) is 0 Å². The third kappa shape index (κ3) is 6.66. The average molecular weight is 894 g/mol. The lowest BCUT2D eigenvalue weighted by Gasteiger charge is -2.45. The summed E-state index contributed by atoms with van der Waals surface area (Å²) in [7, 11) is 0. The van der Waals surface area contributed by atoms with Gasteiger partial charge in [0, 0.05) is 44.8 Å². The van der Waals surface area contributed by atoms with Gasteiger partial charge in [-0.1, -0.05) is 212 Å². The lowest BCUT2D eigenvalue weighted by Crippen LogP contribution is -2.44. The van der Waals surface area contributed by atoms with Crippen LogP contribution in [0.1, 0.15) is 16.7 Å². The molecule has 0 aliphatic heterocycles. The number of rotatable bonds is 10. The number of nitrogens with zero attached hydrogens (tertiary/aromatic N) is 3. The third-order valence-electron chi connectivity index (χ3n) is 14.2. The van der Waals surface area contributed by atoms with Crippen LogP contribution in [0.5, 0.6) is 0 Å². The molecule has 1 heterocycles. The first-order valence-electron chi connectivity index (χ1n) is 24.1. The SMILES string of the molecule is c1ccc(-c2cccc(N(c3ccc4c(c3)C(c3ccccc3)(N(c3ccccc3)c3ccccc3)c3ccccc3-4)c3ccc4c5ccccc5n(-c5ccccc5-c5ccccc5)c4c3)c2)cc1. The maximum absolute atomic E-state index is 2.56. The van der Waals surface area contributed by atoms with Gasteiger partial charge in [-0.05, 0) is 117 Å². The van der Waals surface area contributed by atoms with E-state index in [1.165, 1.54) is 60.8 Å². The summed E-state index contributed by atoms with van der Waals surface area (Å²) in [5.41, 5.74) is 18.8. The number of benzene rings is 11. The zero-order chi connectivity index (χ0) is 46.4. The summed E-state index contributed by atoms with van der Waals surface area (Å²) in [6.07, 6.45) is 0. The summed E-state index contributed by atoms with van der Waals surface area (Å²) in [4.78, 5) is 5.03. The summed E-state index contributed by atoms with van der Waals surface area (Å²) in [6, 6.07) is 104. The van der Waals surface area contributed by atoms with Gasteiger partial charge in [0.1, 0.15) is 5.54 Å². The second kappa shape index (κ2) is 17.2. The van der Waals surface area contributed by atoms with Crippen molar-refractivity contribution in [1.29, 1.82) is 0 Å². The molecule has 1 aliphatic carbocycles. The number of aromatic nitrogens is 1. The Morgan fingerprint density at radius 3 is 1.51 bits per heavy atom. The lowest BCUT2D eigenvalue weighted by molar-refractivity contribution is 0.644. The van der Waals surface area contributed by atoms with Crippen LogP contribution in [0.2, 0.25) is 0 Å². The van der Waals surface area contributed by atoms with Crippen LogP contribution in [0, 0.1) is 0 Å². The van der Waals surface area contributed by atoms with Crippen molar-refractivity contribution in [2.45, 2.75) is 5.54 Å². The van der Waals surface area contributed by atoms with E-state index in [2.05, 4.69) is 299 Å². The Labute approximate surface area is 409 Å². The molecule has 70 heavy (non-hydrogen) atoms. The highest BCUT2D eigenvalue weighted by Gasteiger charge is 2.50. The van der Waals surface area contributed by atoms with Crippen molar-refractivity contribution < 1.29 is 0 Å². The molecule has 0 spiro atoms. The number of para-hydroxylation sites is 4. The van der Waals surface area contributed by atoms with Crippen molar-refractivity contribution in [3.63, 3.8) is 0 Å². The zero-order valence-electron chi connectivity index (χ0n) is 38.5. The van der Waals surface area contributed by atoms with E-state index in [0.29, 0.717) is 0 Å². The minimum absolute atomic E-state index is 0.763. The van der Waals surface area contributed by atoms with Gasteiger partial charge in [-0.3, -0.25) is 0 Å². The molecule has 1 aromatic heterocycles. The molecule has 0 amide bonds. The van der Waals surface area contributed by atoms with Crippen molar-refractivity contribution in [2.75, 3.05) is 9.80 Å². The summed E-state index contributed by atoms with van der Waals surface area (Å²) in [6.45, 7) is 0. The fourth-order valence-electron chi connectivity index (χ4n) is 11.2. The van der Waals surface area contributed by atoms with Crippen LogP contribution in [-0.2, 0) is 5.54 Å². The maximum Gasteiger partial charge on any atom is 0.122 e. The highest BCUT2D eigenvalue weighted by Crippen LogP contribution is 2.59. The van der Waals surface area contributed by atoms with Crippen molar-refractivity contribution in [1.82, 2.24) is 4.57 Å². The van der Waals surface area contributed by atoms with Crippen LogP contribution >= 0.6 is 0 Å². The van der Waals surface area contributed by atoms with Gasteiger partial charge >= 0.3 is 0 Å². The van der Waals surface area contributed by atoms with Gasteiger partial charge in [0.25, 0.3) is 0 Å². The molecule has 0 saturated heterocycles. The number of anilines is 5. The van der Waals surface area contributed by atoms with Crippen molar-refractivity contribution >= 4 is 50.2 Å². The van der Waals surface area contributed by atoms with Gasteiger partial charge in [0.05, 0.1) is 16.7 Å². The quantitative estimate of drug-likeness (QED) is 0.136. The monoisotopic (exact) mass is 893 g/mol. The van der Waals surface area contributed by atoms with Crippen molar-refractivity contribution in [2.24, 2.45) is 0 Å². The molecular formula is C67H47N3. The number of hydrogen-bond donors (Lipinski definition) is 0. The second-order valence-corrected chi connectivity index (χ2v) is 18.0. The highest BCUT2D eigenvalue weighted by molar-refractivity contribution is 6.11. The Hall–Kier alpha value is -9.18. The molecule has 0 N–H and O–H groups in total. The Bertz CT molecular complexity index is 3790. The van der Waals surface area contributed by atoms with E-state index in [-0.39, 0.29) is 0 Å². The first-order chi connectivity index (χ1) is 34.8. The molecule has 1 aliphatic rings. The van der Waals surface area contributed by atoms with Gasteiger partial charge in [-0.2, -0.15) is 0 Å². The smallest absolute Gasteiger partial charge is 0.122 e. The van der Waals surface area contributed by atoms with E-state index < -0.39 is 5.54 Å². The standard InChI is InChI=1S/C67H47N3/c1-6-23-48(24-7-1)50-27-22-34-54(45-50)68(56-42-44-61-60-37-18-21-40-65(60)69(66(61)47-56)64-39-20-17-35-57(64)49-25-8-2-9-26-49)55-41-43-59-58-36-16-19-38-62(58)67(63(59)46-55,51-28-10-3-11-29-51)70(52-30-12-4-13-31-52)53-32-14-5-15-33-53/h1-47H. The number of hydrogen-bond acceptors (Lipinski definition) is 2. The van der Waals surface area contributed by atoms with E-state index in [1.807, 2.05) is 0 Å². The van der Waals surface area contributed by atoms with E-state index in [9.17, 15) is 0 Å². The summed E-state index contributed by atoms with van der Waals surface area (Å²) >= 11 is 0. The summed E-state index contributed by atoms with van der Waals surface area (Å²) in [5, 5.41) is 2.42. The Morgan fingerprint density at radius 2 is 0.786 bits per heavy atom. The van der Waals surface area contributed by atoms with E-state index in [1.54, 1.807) is 0 Å². The minimum Gasteiger partial charge on any atom is -0.323 e. The second-order valence-electron chi connectivity index (χ2n) is 18.0. The minimum atomic E-state index is -0.763. The van der Waals surface area contributed by atoms with Gasteiger partial charge in [0.2, 0.25) is 0 Å². The molecule has 3 heteroatoms. The van der Waals surface area contributed by atoms with Crippen molar-refractivity contribution in [3.8, 4) is 39.1 Å². The number of fused-ring (bicyclic) bond motifs is 6. The van der Waals surface area contributed by atoms with Crippen LogP contribution in [0.3, 0.4) is 0 Å². The zero-order valence-corrected chi connectivity index (χ0v) is 38.5. The van der Waals surface area contributed by atoms with Crippen LogP contribution in [0.25, 0.3) is 60.9 Å². The van der Waals surface area contributed by atoms with E-state index >= 15 is 0 Å². The van der Waals surface area contributed by atoms with E-state index in [4.69, 9.17) is 0 Å². The maximum atomic E-state index is 2.56. The van der Waals surface area contributed by atoms with Crippen LogP contribution in [0.15, 0.2) is 285 Å². The van der Waals surface area contributed by atoms with Gasteiger partial charge < -0.3 is 14.4 Å². The Balaban J connectivity index is 1.10. The molecule has 3 nitrogen and oxygen atoms in total. The molecule has 12 aromatic rings. The highest BCUT2D eigenvalue weighted by atomic mass is 15.2. The predicted octanol–water partition coefficient (Wildman–Crippen LogP) is 17.7. The fourth-order valence-corrected chi connectivity index (χ4v) is 11.2. The molecule has 1 atom stereocenters. The van der Waals surface area contributed by atoms with Crippen molar-refractivity contribution in [3.05, 3.63) is 302 Å². The fraction of sp³-hybridized carbons (Fsp3) is 0.0149. The first-order valence-corrected chi connectivity index (χ1v) is 24.1. The third-order valence-corrected chi connectivity index (χ3v) is 14.2. The lowest BCUT2D eigenvalue weighted by atomic mass is 9.78. The molecule has 1 unspecified atom stereocenters.